The number of hydrogen-bond acceptors (Lipinski definition) is 6. The van der Waals surface area contributed by atoms with Gasteiger partial charge in [-0.1, -0.05) is 0 Å². The molecule has 0 saturated carbocycles. The molecule has 24 heavy (non-hydrogen) atoms. The number of phenols is 1. The Balaban J connectivity index is 2.04. The van der Waals surface area contributed by atoms with Crippen LogP contribution in [0.1, 0.15) is 5.56 Å². The zero-order chi connectivity index (χ0) is 16.8. The Morgan fingerprint density at radius 1 is 1.08 bits per heavy atom. The van der Waals surface area contributed by atoms with Gasteiger partial charge in [-0.25, -0.2) is 0 Å². The first kappa shape index (κ1) is 14.4. The van der Waals surface area contributed by atoms with Gasteiger partial charge < -0.3 is 23.7 Å². The van der Waals surface area contributed by atoms with Crippen LogP contribution in [0.15, 0.2) is 39.5 Å². The van der Waals surface area contributed by atoms with E-state index in [0.29, 0.717) is 17.3 Å². The maximum absolute atomic E-state index is 12.7. The number of rotatable bonds is 2. The van der Waals surface area contributed by atoms with Gasteiger partial charge in [0, 0.05) is 23.3 Å². The lowest BCUT2D eigenvalue weighted by atomic mass is 10.0. The lowest BCUT2D eigenvalue weighted by Crippen LogP contribution is -2.15. The third-order valence-electron chi connectivity index (χ3n) is 4.07. The third-order valence-corrected chi connectivity index (χ3v) is 4.07. The first-order chi connectivity index (χ1) is 11.6. The quantitative estimate of drug-likeness (QED) is 0.780. The second kappa shape index (κ2) is 5.19. The molecule has 0 amide bonds. The molecule has 0 saturated heterocycles. The van der Waals surface area contributed by atoms with Gasteiger partial charge in [-0.05, 0) is 18.2 Å². The number of hydrogen-bond donors (Lipinski definition) is 1. The predicted molar refractivity (Wildman–Crippen MR) is 87.0 cm³/mol. The van der Waals surface area contributed by atoms with E-state index in [-0.39, 0.29) is 29.1 Å². The van der Waals surface area contributed by atoms with Crippen LogP contribution in [-0.4, -0.2) is 19.3 Å². The molecule has 4 rings (SSSR count). The van der Waals surface area contributed by atoms with Crippen LogP contribution in [0.4, 0.5) is 0 Å². The van der Waals surface area contributed by atoms with Crippen molar-refractivity contribution in [3.05, 3.63) is 46.1 Å². The van der Waals surface area contributed by atoms with Gasteiger partial charge >= 0.3 is 0 Å². The van der Waals surface area contributed by atoms with Crippen LogP contribution in [0, 0.1) is 0 Å². The van der Waals surface area contributed by atoms with E-state index in [9.17, 15) is 9.90 Å². The molecule has 1 N–H and O–H groups in total. The summed E-state index contributed by atoms with van der Waals surface area (Å²) in [5.74, 6) is 1.33. The summed E-state index contributed by atoms with van der Waals surface area (Å²) in [6.07, 6.45) is 0. The van der Waals surface area contributed by atoms with Crippen LogP contribution >= 0.6 is 0 Å². The van der Waals surface area contributed by atoms with Crippen molar-refractivity contribution in [2.75, 3.05) is 14.2 Å². The van der Waals surface area contributed by atoms with Gasteiger partial charge in [-0.2, -0.15) is 0 Å². The fourth-order valence-electron chi connectivity index (χ4n) is 2.87. The van der Waals surface area contributed by atoms with E-state index in [1.807, 2.05) is 12.1 Å². The molecule has 0 bridgehead atoms. The van der Waals surface area contributed by atoms with Crippen molar-refractivity contribution in [3.8, 4) is 34.3 Å². The molecular formula is C18H14O6. The van der Waals surface area contributed by atoms with Crippen LogP contribution in [-0.2, 0) is 6.61 Å². The highest BCUT2D eigenvalue weighted by Crippen LogP contribution is 2.40. The summed E-state index contributed by atoms with van der Waals surface area (Å²) in [6.45, 7) is 0.229. The smallest absolute Gasteiger partial charge is 0.239 e. The monoisotopic (exact) mass is 326 g/mol. The summed E-state index contributed by atoms with van der Waals surface area (Å²) in [7, 11) is 3.06. The normalized spacial score (nSPS) is 12.2. The minimum Gasteiger partial charge on any atom is -0.507 e. The van der Waals surface area contributed by atoms with E-state index >= 15 is 0 Å². The second-order valence-electron chi connectivity index (χ2n) is 5.42. The zero-order valence-corrected chi connectivity index (χ0v) is 13.1. The summed E-state index contributed by atoms with van der Waals surface area (Å²) < 4.78 is 21.8. The van der Waals surface area contributed by atoms with Crippen molar-refractivity contribution in [2.24, 2.45) is 0 Å². The van der Waals surface area contributed by atoms with Gasteiger partial charge in [0.1, 0.15) is 34.8 Å². The number of benzene rings is 2. The first-order valence-electron chi connectivity index (χ1n) is 7.30. The highest BCUT2D eigenvalue weighted by atomic mass is 16.5. The van der Waals surface area contributed by atoms with Crippen LogP contribution in [0.5, 0.6) is 23.0 Å². The lowest BCUT2D eigenvalue weighted by Gasteiger charge is -2.20. The van der Waals surface area contributed by atoms with Gasteiger partial charge in [0.05, 0.1) is 14.2 Å². The Hall–Kier alpha value is -3.15. The maximum atomic E-state index is 12.7. The van der Waals surface area contributed by atoms with Crippen molar-refractivity contribution in [1.82, 2.24) is 0 Å². The molecule has 0 aliphatic carbocycles. The average molecular weight is 326 g/mol. The van der Waals surface area contributed by atoms with Gasteiger partial charge in [0.25, 0.3) is 0 Å². The molecule has 0 spiro atoms. The molecule has 122 valence electrons. The van der Waals surface area contributed by atoms with E-state index < -0.39 is 5.43 Å². The van der Waals surface area contributed by atoms with Crippen LogP contribution in [0.2, 0.25) is 0 Å². The number of fused-ring (bicyclic) bond motifs is 4. The van der Waals surface area contributed by atoms with Gasteiger partial charge in [-0.15, -0.1) is 0 Å². The summed E-state index contributed by atoms with van der Waals surface area (Å²) in [6, 6.07) is 8.39. The Bertz CT molecular complexity index is 1020. The lowest BCUT2D eigenvalue weighted by molar-refractivity contribution is 0.289. The molecule has 6 heteroatoms. The molecule has 1 aliphatic heterocycles. The largest absolute Gasteiger partial charge is 0.507 e. The molecule has 2 aromatic carbocycles. The van der Waals surface area contributed by atoms with E-state index in [2.05, 4.69) is 0 Å². The topological polar surface area (TPSA) is 78.1 Å². The molecular weight excluding hydrogens is 312 g/mol. The highest BCUT2D eigenvalue weighted by Gasteiger charge is 2.26. The van der Waals surface area contributed by atoms with E-state index in [1.165, 1.54) is 13.2 Å². The summed E-state index contributed by atoms with van der Waals surface area (Å²) in [4.78, 5) is 12.7. The minimum atomic E-state index is -0.409. The summed E-state index contributed by atoms with van der Waals surface area (Å²) in [5, 5.41) is 10.2. The molecule has 0 radical (unpaired) electrons. The molecule has 1 aliphatic rings. The SMILES string of the molecule is COc1ccc2c(c1)COc1c-2oc2cc(OC)cc(O)c2c1=O. The average Bonchev–Trinajstić information content (AvgIpc) is 2.60. The molecule has 1 aromatic heterocycles. The molecule has 0 fully saturated rings. The number of phenolic OH excluding ortho intramolecular Hbond substituents is 1. The molecule has 0 unspecified atom stereocenters. The predicted octanol–water partition coefficient (Wildman–Crippen LogP) is 3.08. The third kappa shape index (κ3) is 2.00. The van der Waals surface area contributed by atoms with Crippen molar-refractivity contribution >= 4 is 11.0 Å². The van der Waals surface area contributed by atoms with E-state index in [0.717, 1.165) is 11.1 Å². The van der Waals surface area contributed by atoms with Crippen LogP contribution in [0.25, 0.3) is 22.3 Å². The fraction of sp³-hybridized carbons (Fsp3) is 0.167. The Kier molecular flexibility index (Phi) is 3.13. The first-order valence-corrected chi connectivity index (χ1v) is 7.30. The highest BCUT2D eigenvalue weighted by molar-refractivity contribution is 5.89. The molecule has 6 nitrogen and oxygen atoms in total. The maximum Gasteiger partial charge on any atom is 0.239 e. The molecule has 0 atom stereocenters. The van der Waals surface area contributed by atoms with Gasteiger partial charge in [0.15, 0.2) is 5.76 Å². The van der Waals surface area contributed by atoms with Gasteiger partial charge in [0.2, 0.25) is 11.2 Å². The number of ether oxygens (including phenoxy) is 3. The van der Waals surface area contributed by atoms with Crippen molar-refractivity contribution < 1.29 is 23.7 Å². The van der Waals surface area contributed by atoms with Gasteiger partial charge in [-0.3, -0.25) is 4.79 Å². The Morgan fingerprint density at radius 2 is 1.88 bits per heavy atom. The Morgan fingerprint density at radius 3 is 2.62 bits per heavy atom. The minimum absolute atomic E-state index is 0.0755. The molecule has 2 heterocycles. The van der Waals surface area contributed by atoms with Crippen LogP contribution in [0.3, 0.4) is 0 Å². The summed E-state index contributed by atoms with van der Waals surface area (Å²) in [5.41, 5.74) is 1.45. The standard InChI is InChI=1S/C18H14O6/c1-21-10-3-4-12-9(5-10)8-23-18-16(20)15-13(19)6-11(22-2)7-14(15)24-17(12)18/h3-7,19H,8H2,1-2H3. The fourth-order valence-corrected chi connectivity index (χ4v) is 2.87. The summed E-state index contributed by atoms with van der Waals surface area (Å²) >= 11 is 0. The Labute approximate surface area is 136 Å². The van der Waals surface area contributed by atoms with E-state index in [4.69, 9.17) is 18.6 Å². The van der Waals surface area contributed by atoms with Crippen molar-refractivity contribution in [2.45, 2.75) is 6.61 Å². The second-order valence-corrected chi connectivity index (χ2v) is 5.42. The van der Waals surface area contributed by atoms with E-state index in [1.54, 1.807) is 19.2 Å². The van der Waals surface area contributed by atoms with Crippen molar-refractivity contribution in [1.29, 1.82) is 0 Å². The number of methoxy groups -OCH3 is 2. The number of aromatic hydroxyl groups is 1. The zero-order valence-electron chi connectivity index (χ0n) is 13.1. The molecule has 3 aromatic rings. The van der Waals surface area contributed by atoms with Crippen LogP contribution < -0.4 is 19.6 Å². The van der Waals surface area contributed by atoms with Crippen molar-refractivity contribution in [3.63, 3.8) is 0 Å².